The first kappa shape index (κ1) is 7.35. The summed E-state index contributed by atoms with van der Waals surface area (Å²) in [6, 6.07) is 0. The normalized spacial score (nSPS) is 15.5. The van der Waals surface area contributed by atoms with Crippen molar-refractivity contribution in [3.05, 3.63) is 34.9 Å². The minimum Gasteiger partial charge on any atom is -0.361 e. The lowest BCUT2D eigenvalue weighted by Gasteiger charge is -1.91. The van der Waals surface area contributed by atoms with Crippen LogP contribution in [0.15, 0.2) is 23.8 Å². The molecule has 0 saturated heterocycles. The molecule has 0 atom stereocenters. The first-order valence-electron chi connectivity index (χ1n) is 3.09. The van der Waals surface area contributed by atoms with Crippen molar-refractivity contribution < 1.29 is 9.58 Å². The molecule has 11 heavy (non-hydrogen) atoms. The quantitative estimate of drug-likeness (QED) is 0.276. The summed E-state index contributed by atoms with van der Waals surface area (Å²) in [5.41, 5.74) is 18.5. The number of allylic oxidation sites excluding steroid dienone is 4. The molecule has 0 aromatic heterocycles. The third kappa shape index (κ3) is 1.38. The van der Waals surface area contributed by atoms with E-state index in [0.717, 1.165) is 5.57 Å². The summed E-state index contributed by atoms with van der Waals surface area (Å²) in [7, 11) is 0. The van der Waals surface area contributed by atoms with Gasteiger partial charge in [0.25, 0.3) is 0 Å². The van der Waals surface area contributed by atoms with Gasteiger partial charge in [0.1, 0.15) is 0 Å². The number of rotatable bonds is 0. The lowest BCUT2D eigenvalue weighted by atomic mass is 10.0. The van der Waals surface area contributed by atoms with E-state index in [9.17, 15) is 0 Å². The summed E-state index contributed by atoms with van der Waals surface area (Å²) in [4.78, 5) is 6.01. The average Bonchev–Trinajstić information content (AvgIpc) is 2.04. The third-order valence-electron chi connectivity index (χ3n) is 1.40. The van der Waals surface area contributed by atoms with Crippen LogP contribution in [0.1, 0.15) is 6.92 Å². The molecule has 0 fully saturated rings. The zero-order chi connectivity index (χ0) is 8.27. The van der Waals surface area contributed by atoms with Gasteiger partial charge in [-0.05, 0) is 6.92 Å². The van der Waals surface area contributed by atoms with Crippen molar-refractivity contribution in [1.82, 2.24) is 0 Å². The lowest BCUT2D eigenvalue weighted by Crippen LogP contribution is -2.06. The highest BCUT2D eigenvalue weighted by atomic mass is 14.9. The fourth-order valence-corrected chi connectivity index (χ4v) is 0.814. The van der Waals surface area contributed by atoms with E-state index < -0.39 is 0 Å². The van der Waals surface area contributed by atoms with Gasteiger partial charge in [-0.2, -0.15) is 9.58 Å². The number of hydrogen-bond donors (Lipinski definition) is 0. The first-order valence-corrected chi connectivity index (χ1v) is 3.09. The summed E-state index contributed by atoms with van der Waals surface area (Å²) >= 11 is 0. The van der Waals surface area contributed by atoms with Crippen LogP contribution in [-0.2, 0) is 0 Å². The van der Waals surface area contributed by atoms with Crippen molar-refractivity contribution in [2.75, 3.05) is 0 Å². The highest BCUT2D eigenvalue weighted by Gasteiger charge is 2.15. The lowest BCUT2D eigenvalue weighted by molar-refractivity contribution is -0.00555. The molecule has 4 nitrogen and oxygen atoms in total. The van der Waals surface area contributed by atoms with E-state index in [4.69, 9.17) is 11.1 Å². The van der Waals surface area contributed by atoms with Crippen molar-refractivity contribution in [2.45, 2.75) is 6.92 Å². The molecule has 0 aromatic rings. The van der Waals surface area contributed by atoms with Crippen LogP contribution in [-0.4, -0.2) is 21.0 Å². The molecule has 1 aliphatic rings. The Balaban J connectivity index is 3.17. The monoisotopic (exact) mass is 146 g/mol. The topological polar surface area (TPSA) is 72.8 Å². The van der Waals surface area contributed by atoms with Crippen molar-refractivity contribution in [3.63, 3.8) is 0 Å². The molecule has 0 heterocycles. The highest BCUT2D eigenvalue weighted by Crippen LogP contribution is 2.02. The van der Waals surface area contributed by atoms with Crippen molar-refractivity contribution >= 4 is 11.4 Å². The van der Waals surface area contributed by atoms with Gasteiger partial charge in [-0.1, -0.05) is 0 Å². The molecule has 0 amide bonds. The Kier molecular flexibility index (Phi) is 1.93. The summed E-state index contributed by atoms with van der Waals surface area (Å²) in [6.07, 6.45) is 4.75. The van der Waals surface area contributed by atoms with Crippen LogP contribution >= 0.6 is 0 Å². The molecule has 1 rings (SSSR count). The van der Waals surface area contributed by atoms with Gasteiger partial charge in [0.15, 0.2) is 0 Å². The van der Waals surface area contributed by atoms with Gasteiger partial charge >= 0.3 is 11.4 Å². The van der Waals surface area contributed by atoms with Gasteiger partial charge in [0.05, 0.1) is 0 Å². The largest absolute Gasteiger partial charge is 0.361 e. The molecule has 0 aliphatic heterocycles. The van der Waals surface area contributed by atoms with Gasteiger partial charge in [0, 0.05) is 23.8 Å². The van der Waals surface area contributed by atoms with Gasteiger partial charge in [-0.3, -0.25) is 0 Å². The van der Waals surface area contributed by atoms with E-state index in [-0.39, 0.29) is 0 Å². The molecule has 4 heteroatoms. The minimum absolute atomic E-state index is 0.454. The van der Waals surface area contributed by atoms with Gasteiger partial charge in [0.2, 0.25) is 0 Å². The first-order chi connectivity index (χ1) is 5.27. The van der Waals surface area contributed by atoms with Crippen molar-refractivity contribution in [1.29, 1.82) is 0 Å². The van der Waals surface area contributed by atoms with E-state index in [0.29, 0.717) is 11.4 Å². The zero-order valence-corrected chi connectivity index (χ0v) is 6.02. The summed E-state index contributed by atoms with van der Waals surface area (Å²) in [5, 5.41) is 0. The van der Waals surface area contributed by atoms with Crippen LogP contribution in [0, 0.1) is 0 Å². The van der Waals surface area contributed by atoms with Crippen LogP contribution in [0.2, 0.25) is 0 Å². The van der Waals surface area contributed by atoms with Crippen LogP contribution in [0.5, 0.6) is 0 Å². The second-order valence-electron chi connectivity index (χ2n) is 2.17. The van der Waals surface area contributed by atoms with E-state index in [1.807, 2.05) is 0 Å². The molecule has 54 valence electrons. The standard InChI is InChI=1S/C7H6N4/c1-5-4-6(10-8)2-3-7(5)11-9/h2-4H,1H3. The van der Waals surface area contributed by atoms with Crippen LogP contribution in [0.4, 0.5) is 0 Å². The second kappa shape index (κ2) is 2.88. The zero-order valence-electron chi connectivity index (χ0n) is 6.02. The molecular weight excluding hydrogens is 140 g/mol. The Bertz CT molecular complexity index is 335. The number of nitrogens with zero attached hydrogens (tertiary/aromatic N) is 4. The van der Waals surface area contributed by atoms with E-state index in [1.54, 1.807) is 25.2 Å². The van der Waals surface area contributed by atoms with E-state index in [1.165, 1.54) is 0 Å². The third-order valence-corrected chi connectivity index (χ3v) is 1.40. The van der Waals surface area contributed by atoms with Crippen LogP contribution in [0.3, 0.4) is 0 Å². The van der Waals surface area contributed by atoms with Gasteiger partial charge in [-0.15, -0.1) is 0 Å². The van der Waals surface area contributed by atoms with Gasteiger partial charge in [-0.25, -0.2) is 0 Å². The SMILES string of the molecule is CC1=CC(=[N+]=[N-])C=CC1=[N+]=[N-]. The Hall–Kier alpha value is -1.76. The fraction of sp³-hybridized carbons (Fsp3) is 0.143. The van der Waals surface area contributed by atoms with Crippen molar-refractivity contribution in [2.24, 2.45) is 0 Å². The Morgan fingerprint density at radius 1 is 1.18 bits per heavy atom. The average molecular weight is 146 g/mol. The van der Waals surface area contributed by atoms with Crippen LogP contribution in [0.25, 0.3) is 11.1 Å². The smallest absolute Gasteiger partial charge is 0.318 e. The molecule has 0 unspecified atom stereocenters. The Morgan fingerprint density at radius 3 is 2.36 bits per heavy atom. The van der Waals surface area contributed by atoms with Crippen LogP contribution < -0.4 is 0 Å². The molecule has 0 N–H and O–H groups in total. The molecule has 0 aromatic carbocycles. The van der Waals surface area contributed by atoms with Gasteiger partial charge < -0.3 is 11.1 Å². The number of hydrogen-bond acceptors (Lipinski definition) is 0. The van der Waals surface area contributed by atoms with E-state index in [2.05, 4.69) is 9.58 Å². The predicted molar refractivity (Wildman–Crippen MR) is 40.1 cm³/mol. The molecule has 1 aliphatic carbocycles. The van der Waals surface area contributed by atoms with Crippen molar-refractivity contribution in [3.8, 4) is 0 Å². The summed E-state index contributed by atoms with van der Waals surface area (Å²) in [5.74, 6) is 0. The highest BCUT2D eigenvalue weighted by molar-refractivity contribution is 6.17. The summed E-state index contributed by atoms with van der Waals surface area (Å²) in [6.45, 7) is 1.77. The molecule has 0 saturated carbocycles. The van der Waals surface area contributed by atoms with E-state index >= 15 is 0 Å². The maximum atomic E-state index is 8.41. The molecule has 0 bridgehead atoms. The second-order valence-corrected chi connectivity index (χ2v) is 2.17. The maximum Gasteiger partial charge on any atom is 0.318 e. The Labute approximate surface area is 63.7 Å². The summed E-state index contributed by atoms with van der Waals surface area (Å²) < 4.78 is 0. The fourth-order valence-electron chi connectivity index (χ4n) is 0.814. The molecular formula is C7H6N4. The maximum absolute atomic E-state index is 8.41. The Morgan fingerprint density at radius 2 is 1.91 bits per heavy atom. The molecule has 0 spiro atoms. The predicted octanol–water partition coefficient (Wildman–Crippen LogP) is 0.844. The molecule has 0 radical (unpaired) electrons. The minimum atomic E-state index is 0.454.